The van der Waals surface area contributed by atoms with Crippen LogP contribution in [0.3, 0.4) is 0 Å². The summed E-state index contributed by atoms with van der Waals surface area (Å²) in [5, 5.41) is 0. The molecule has 5 heteroatoms. The van der Waals surface area contributed by atoms with Crippen LogP contribution in [-0.2, 0) is 17.6 Å². The fraction of sp³-hybridized carbons (Fsp3) is 0.636. The van der Waals surface area contributed by atoms with Crippen molar-refractivity contribution < 1.29 is 4.74 Å². The van der Waals surface area contributed by atoms with Crippen molar-refractivity contribution >= 4 is 28.1 Å². The lowest BCUT2D eigenvalue weighted by Crippen LogP contribution is -2.09. The predicted octanol–water partition coefficient (Wildman–Crippen LogP) is 3.04. The molecule has 0 amide bonds. The van der Waals surface area contributed by atoms with E-state index in [0.29, 0.717) is 10.6 Å². The summed E-state index contributed by atoms with van der Waals surface area (Å²) < 4.78 is 6.95. The molecule has 1 fully saturated rings. The Labute approximate surface area is 109 Å². The zero-order valence-corrected chi connectivity index (χ0v) is 11.7. The minimum Gasteiger partial charge on any atom is -0.381 e. The first-order valence-electron chi connectivity index (χ1n) is 5.56. The molecule has 1 aliphatic heterocycles. The molecule has 1 aliphatic rings. The third-order valence-electron chi connectivity index (χ3n) is 2.84. The Hall–Kier alpha value is -0.260. The topological polar surface area (TPSA) is 37.9 Å². The number of aromatic nitrogens is 2. The van der Waals surface area contributed by atoms with Gasteiger partial charge in [0.05, 0.1) is 4.47 Å². The summed E-state index contributed by atoms with van der Waals surface area (Å²) in [6.07, 6.45) is 2.99. The van der Waals surface area contributed by atoms with Crippen molar-refractivity contribution in [1.29, 1.82) is 0 Å². The summed E-state index contributed by atoms with van der Waals surface area (Å²) in [5.74, 6) is 1.57. The molecule has 2 rings (SSSR count). The second-order valence-electron chi connectivity index (χ2n) is 4.07. The van der Waals surface area contributed by atoms with Gasteiger partial charge in [0.25, 0.3) is 0 Å². The molecule has 3 nitrogen and oxygen atoms in total. The van der Waals surface area contributed by atoms with E-state index in [1.54, 1.807) is 0 Å². The van der Waals surface area contributed by atoms with Crippen LogP contribution in [0.5, 0.6) is 0 Å². The summed E-state index contributed by atoms with van der Waals surface area (Å²) in [6.45, 7) is 3.83. The van der Waals surface area contributed by atoms with Crippen molar-refractivity contribution in [2.24, 2.45) is 5.92 Å². The van der Waals surface area contributed by atoms with Gasteiger partial charge in [-0.1, -0.05) is 19.1 Å². The molecule has 0 spiro atoms. The van der Waals surface area contributed by atoms with E-state index in [-0.39, 0.29) is 0 Å². The average molecular weight is 303 g/mol. The molecule has 1 N–H and O–H groups in total. The van der Waals surface area contributed by atoms with Gasteiger partial charge < -0.3 is 9.72 Å². The van der Waals surface area contributed by atoms with Crippen LogP contribution < -0.4 is 0 Å². The number of halogens is 1. The van der Waals surface area contributed by atoms with Crippen molar-refractivity contribution in [2.75, 3.05) is 13.2 Å². The summed E-state index contributed by atoms with van der Waals surface area (Å²) in [5.41, 5.74) is 1.13. The van der Waals surface area contributed by atoms with Gasteiger partial charge >= 0.3 is 0 Å². The van der Waals surface area contributed by atoms with Crippen molar-refractivity contribution in [3.05, 3.63) is 20.6 Å². The number of rotatable bonds is 3. The number of ether oxygens (including phenoxy) is 1. The second kappa shape index (κ2) is 5.38. The quantitative estimate of drug-likeness (QED) is 0.872. The van der Waals surface area contributed by atoms with Gasteiger partial charge in [0.15, 0.2) is 0 Å². The van der Waals surface area contributed by atoms with Crippen molar-refractivity contribution in [2.45, 2.75) is 26.2 Å². The smallest absolute Gasteiger partial charge is 0.144 e. The number of H-pyrrole nitrogens is 1. The third kappa shape index (κ3) is 2.70. The maximum Gasteiger partial charge on any atom is 0.144 e. The fourth-order valence-corrected chi connectivity index (χ4v) is 2.62. The fourth-order valence-electron chi connectivity index (χ4n) is 1.92. The zero-order valence-electron chi connectivity index (χ0n) is 9.25. The molecule has 0 saturated carbocycles. The van der Waals surface area contributed by atoms with E-state index in [1.165, 1.54) is 0 Å². The van der Waals surface area contributed by atoms with Gasteiger partial charge in [0.2, 0.25) is 0 Å². The number of nitrogens with one attached hydrogen (secondary N) is 1. The molecule has 1 aromatic heterocycles. The Bertz CT molecular complexity index is 426. The van der Waals surface area contributed by atoms with E-state index in [9.17, 15) is 0 Å². The number of aryl methyl sites for hydroxylation is 1. The predicted molar refractivity (Wildman–Crippen MR) is 69.1 cm³/mol. The number of hydrogen-bond acceptors (Lipinski definition) is 3. The molecule has 1 atom stereocenters. The molecular weight excluding hydrogens is 288 g/mol. The van der Waals surface area contributed by atoms with Crippen LogP contribution in [0.1, 0.15) is 24.9 Å². The van der Waals surface area contributed by atoms with Crippen LogP contribution in [0.2, 0.25) is 0 Å². The maximum atomic E-state index is 5.36. The van der Waals surface area contributed by atoms with Crippen LogP contribution in [0.15, 0.2) is 4.47 Å². The van der Waals surface area contributed by atoms with E-state index in [2.05, 4.69) is 32.8 Å². The lowest BCUT2D eigenvalue weighted by atomic mass is 10.0. The van der Waals surface area contributed by atoms with Gasteiger partial charge in [0, 0.05) is 25.3 Å². The lowest BCUT2D eigenvalue weighted by Gasteiger charge is -2.09. The van der Waals surface area contributed by atoms with E-state index in [4.69, 9.17) is 17.0 Å². The van der Waals surface area contributed by atoms with Crippen LogP contribution in [0.25, 0.3) is 0 Å². The van der Waals surface area contributed by atoms with Crippen molar-refractivity contribution in [3.63, 3.8) is 0 Å². The van der Waals surface area contributed by atoms with Crippen molar-refractivity contribution in [1.82, 2.24) is 9.97 Å². The minimum absolute atomic E-state index is 0.587. The van der Waals surface area contributed by atoms with Crippen LogP contribution >= 0.6 is 28.1 Å². The zero-order chi connectivity index (χ0) is 11.5. The molecule has 1 aromatic rings. The van der Waals surface area contributed by atoms with Gasteiger partial charge in [-0.3, -0.25) is 0 Å². The molecule has 0 radical (unpaired) electrons. The summed E-state index contributed by atoms with van der Waals surface area (Å²) >= 11 is 8.69. The number of aromatic amines is 1. The van der Waals surface area contributed by atoms with Gasteiger partial charge in [0.1, 0.15) is 10.5 Å². The van der Waals surface area contributed by atoms with E-state index < -0.39 is 0 Å². The normalized spacial score (nSPS) is 20.2. The standard InChI is InChI=1S/C11H15BrN2OS/c1-2-8-10(12)11(16)14-9(13-8)5-7-3-4-15-6-7/h7H,2-6H2,1H3,(H,13,14,16). The Morgan fingerprint density at radius 3 is 3.06 bits per heavy atom. The van der Waals surface area contributed by atoms with Crippen LogP contribution in [0, 0.1) is 10.6 Å². The third-order valence-corrected chi connectivity index (χ3v) is 4.26. The SMILES string of the molecule is CCc1[nH]c(CC2CCOC2)nc(=S)c1Br. The van der Waals surface area contributed by atoms with Gasteiger partial charge in [-0.15, -0.1) is 0 Å². The van der Waals surface area contributed by atoms with E-state index in [1.807, 2.05) is 0 Å². The van der Waals surface area contributed by atoms with Gasteiger partial charge in [-0.2, -0.15) is 0 Å². The Balaban J connectivity index is 2.20. The highest BCUT2D eigenvalue weighted by Crippen LogP contribution is 2.20. The monoisotopic (exact) mass is 302 g/mol. The maximum absolute atomic E-state index is 5.36. The first kappa shape index (κ1) is 12.2. The highest BCUT2D eigenvalue weighted by Gasteiger charge is 2.17. The molecule has 88 valence electrons. The van der Waals surface area contributed by atoms with Gasteiger partial charge in [-0.25, -0.2) is 4.98 Å². The largest absolute Gasteiger partial charge is 0.381 e. The molecular formula is C11H15BrN2OS. The molecule has 0 aromatic carbocycles. The van der Waals surface area contributed by atoms with Gasteiger partial charge in [-0.05, 0) is 34.7 Å². The number of hydrogen-bond donors (Lipinski definition) is 1. The highest BCUT2D eigenvalue weighted by molar-refractivity contribution is 9.10. The summed E-state index contributed by atoms with van der Waals surface area (Å²) in [7, 11) is 0. The van der Waals surface area contributed by atoms with E-state index >= 15 is 0 Å². The van der Waals surface area contributed by atoms with Crippen LogP contribution in [0.4, 0.5) is 0 Å². The molecule has 0 bridgehead atoms. The summed E-state index contributed by atoms with van der Waals surface area (Å²) in [6, 6.07) is 0. The Kier molecular flexibility index (Phi) is 4.10. The molecule has 1 unspecified atom stereocenters. The second-order valence-corrected chi connectivity index (χ2v) is 5.25. The van der Waals surface area contributed by atoms with E-state index in [0.717, 1.165) is 48.5 Å². The minimum atomic E-state index is 0.587. The average Bonchev–Trinajstić information content (AvgIpc) is 2.76. The van der Waals surface area contributed by atoms with Crippen molar-refractivity contribution in [3.8, 4) is 0 Å². The molecule has 2 heterocycles. The highest BCUT2D eigenvalue weighted by atomic mass is 79.9. The Morgan fingerprint density at radius 2 is 2.44 bits per heavy atom. The number of nitrogens with zero attached hydrogens (tertiary/aromatic N) is 1. The summed E-state index contributed by atoms with van der Waals surface area (Å²) in [4.78, 5) is 7.75. The first-order chi connectivity index (χ1) is 7.70. The molecule has 16 heavy (non-hydrogen) atoms. The molecule has 1 saturated heterocycles. The van der Waals surface area contributed by atoms with Crippen LogP contribution in [-0.4, -0.2) is 23.2 Å². The Morgan fingerprint density at radius 1 is 1.62 bits per heavy atom. The lowest BCUT2D eigenvalue weighted by molar-refractivity contribution is 0.185. The molecule has 0 aliphatic carbocycles. The first-order valence-corrected chi connectivity index (χ1v) is 6.76.